The highest BCUT2D eigenvalue weighted by molar-refractivity contribution is 5.91. The first-order valence-corrected chi connectivity index (χ1v) is 8.52. The fourth-order valence-corrected chi connectivity index (χ4v) is 3.03. The summed E-state index contributed by atoms with van der Waals surface area (Å²) in [5.41, 5.74) is 3.20. The van der Waals surface area contributed by atoms with Gasteiger partial charge in [-0.1, -0.05) is 18.2 Å². The first-order chi connectivity index (χ1) is 11.7. The van der Waals surface area contributed by atoms with E-state index in [0.717, 1.165) is 36.5 Å². The number of benzene rings is 2. The van der Waals surface area contributed by atoms with Gasteiger partial charge in [-0.05, 0) is 55.2 Å². The molecule has 1 N–H and O–H groups in total. The average Bonchev–Trinajstić information content (AvgIpc) is 3.15. The maximum absolute atomic E-state index is 12.2. The van der Waals surface area contributed by atoms with Gasteiger partial charge in [-0.2, -0.15) is 0 Å². The fraction of sp³-hybridized carbons (Fsp3) is 0.350. The summed E-state index contributed by atoms with van der Waals surface area (Å²) in [5, 5.41) is 3.01. The predicted molar refractivity (Wildman–Crippen MR) is 97.8 cm³/mol. The Balaban J connectivity index is 1.53. The highest BCUT2D eigenvalue weighted by Crippen LogP contribution is 2.23. The van der Waals surface area contributed by atoms with Crippen LogP contribution in [-0.2, 0) is 11.2 Å². The fourth-order valence-electron chi connectivity index (χ4n) is 3.03. The molecule has 1 heterocycles. The normalized spacial score (nSPS) is 13.8. The van der Waals surface area contributed by atoms with Crippen LogP contribution < -0.4 is 15.0 Å². The molecule has 0 bridgehead atoms. The van der Waals surface area contributed by atoms with Crippen LogP contribution in [0.3, 0.4) is 0 Å². The molecule has 0 radical (unpaired) electrons. The zero-order valence-corrected chi connectivity index (χ0v) is 14.1. The molecule has 4 nitrogen and oxygen atoms in total. The van der Waals surface area contributed by atoms with Crippen molar-refractivity contribution in [2.75, 3.05) is 30.4 Å². The number of aryl methyl sites for hydroxylation is 1. The van der Waals surface area contributed by atoms with Crippen molar-refractivity contribution in [1.29, 1.82) is 0 Å². The zero-order chi connectivity index (χ0) is 16.8. The lowest BCUT2D eigenvalue weighted by molar-refractivity contribution is -0.116. The Bertz CT molecular complexity index is 676. The number of amides is 1. The molecule has 3 rings (SSSR count). The van der Waals surface area contributed by atoms with Gasteiger partial charge in [0.1, 0.15) is 5.75 Å². The minimum atomic E-state index is 0.0457. The van der Waals surface area contributed by atoms with Crippen molar-refractivity contribution in [2.45, 2.75) is 25.7 Å². The smallest absolute Gasteiger partial charge is 0.224 e. The second-order valence-corrected chi connectivity index (χ2v) is 6.14. The van der Waals surface area contributed by atoms with Gasteiger partial charge in [-0.3, -0.25) is 4.79 Å². The molecule has 0 saturated carbocycles. The molecule has 0 atom stereocenters. The van der Waals surface area contributed by atoms with Crippen molar-refractivity contribution < 1.29 is 9.53 Å². The van der Waals surface area contributed by atoms with Gasteiger partial charge >= 0.3 is 0 Å². The van der Waals surface area contributed by atoms with Crippen LogP contribution in [0.1, 0.15) is 24.8 Å². The van der Waals surface area contributed by atoms with Crippen LogP contribution in [-0.4, -0.2) is 26.1 Å². The van der Waals surface area contributed by atoms with Gasteiger partial charge in [0.25, 0.3) is 0 Å². The van der Waals surface area contributed by atoms with E-state index in [9.17, 15) is 4.79 Å². The van der Waals surface area contributed by atoms with Crippen molar-refractivity contribution in [3.8, 4) is 5.75 Å². The van der Waals surface area contributed by atoms with E-state index >= 15 is 0 Å². The number of hydrogen-bond acceptors (Lipinski definition) is 3. The number of rotatable bonds is 6. The molecule has 2 aromatic carbocycles. The van der Waals surface area contributed by atoms with Crippen LogP contribution in [0.15, 0.2) is 48.5 Å². The van der Waals surface area contributed by atoms with E-state index in [0.29, 0.717) is 6.42 Å². The predicted octanol–water partition coefficient (Wildman–Crippen LogP) is 3.87. The summed E-state index contributed by atoms with van der Waals surface area (Å²) in [5.74, 6) is 0.881. The summed E-state index contributed by atoms with van der Waals surface area (Å²) in [6.07, 6.45) is 3.69. The monoisotopic (exact) mass is 324 g/mol. The van der Waals surface area contributed by atoms with Gasteiger partial charge in [-0.15, -0.1) is 0 Å². The molecular weight excluding hydrogens is 300 g/mol. The first-order valence-electron chi connectivity index (χ1n) is 8.52. The Morgan fingerprint density at radius 2 is 1.88 bits per heavy atom. The Labute approximate surface area is 143 Å². The molecule has 2 aromatic rings. The van der Waals surface area contributed by atoms with E-state index in [-0.39, 0.29) is 5.91 Å². The van der Waals surface area contributed by atoms with Crippen molar-refractivity contribution in [1.82, 2.24) is 0 Å². The Morgan fingerprint density at radius 1 is 1.12 bits per heavy atom. The lowest BCUT2D eigenvalue weighted by Gasteiger charge is -2.18. The minimum Gasteiger partial charge on any atom is -0.497 e. The second-order valence-electron chi connectivity index (χ2n) is 6.14. The van der Waals surface area contributed by atoms with Gasteiger partial charge in [-0.25, -0.2) is 0 Å². The molecule has 1 aliphatic heterocycles. The molecule has 1 fully saturated rings. The lowest BCUT2D eigenvalue weighted by atomic mass is 10.1. The quantitative estimate of drug-likeness (QED) is 0.877. The molecular formula is C20H24N2O2. The number of ether oxygens (including phenoxy) is 1. The molecule has 126 valence electrons. The zero-order valence-electron chi connectivity index (χ0n) is 14.1. The molecule has 1 saturated heterocycles. The molecule has 24 heavy (non-hydrogen) atoms. The van der Waals surface area contributed by atoms with Gasteiger partial charge in [0.05, 0.1) is 7.11 Å². The summed E-state index contributed by atoms with van der Waals surface area (Å²) in [4.78, 5) is 14.6. The van der Waals surface area contributed by atoms with Crippen LogP contribution in [0.2, 0.25) is 0 Å². The number of hydrogen-bond donors (Lipinski definition) is 1. The highest BCUT2D eigenvalue weighted by Gasteiger charge is 2.12. The standard InChI is InChI=1S/C20H24N2O2/c1-24-19-10-7-16(8-11-19)9-12-20(23)21-17-5-4-6-18(15-17)22-13-2-3-14-22/h4-8,10-11,15H,2-3,9,12-14H2,1H3,(H,21,23). The largest absolute Gasteiger partial charge is 0.497 e. The average molecular weight is 324 g/mol. The minimum absolute atomic E-state index is 0.0457. The number of carbonyl (C=O) groups excluding carboxylic acids is 1. The van der Waals surface area contributed by atoms with E-state index in [1.54, 1.807) is 7.11 Å². The summed E-state index contributed by atoms with van der Waals surface area (Å²) in [6, 6.07) is 16.0. The SMILES string of the molecule is COc1ccc(CCC(=O)Nc2cccc(N3CCCC3)c2)cc1. The molecule has 1 aliphatic rings. The third-order valence-electron chi connectivity index (χ3n) is 4.40. The van der Waals surface area contributed by atoms with Gasteiger partial charge < -0.3 is 15.0 Å². The van der Waals surface area contributed by atoms with Crippen molar-refractivity contribution >= 4 is 17.3 Å². The third-order valence-corrected chi connectivity index (χ3v) is 4.40. The molecule has 0 unspecified atom stereocenters. The van der Waals surface area contributed by atoms with E-state index in [1.165, 1.54) is 18.5 Å². The number of nitrogens with one attached hydrogen (secondary N) is 1. The van der Waals surface area contributed by atoms with Gasteiger partial charge in [0.15, 0.2) is 0 Å². The Kier molecular flexibility index (Phi) is 5.36. The summed E-state index contributed by atoms with van der Waals surface area (Å²) in [7, 11) is 1.65. The molecule has 1 amide bonds. The van der Waals surface area contributed by atoms with Crippen molar-refractivity contribution in [2.24, 2.45) is 0 Å². The lowest BCUT2D eigenvalue weighted by Crippen LogP contribution is -2.18. The summed E-state index contributed by atoms with van der Waals surface area (Å²) >= 11 is 0. The van der Waals surface area contributed by atoms with E-state index in [2.05, 4.69) is 22.3 Å². The number of carbonyl (C=O) groups is 1. The van der Waals surface area contributed by atoms with Crippen LogP contribution in [0.25, 0.3) is 0 Å². The van der Waals surface area contributed by atoms with Crippen LogP contribution in [0, 0.1) is 0 Å². The number of methoxy groups -OCH3 is 1. The third kappa shape index (κ3) is 4.28. The molecule has 0 aliphatic carbocycles. The van der Waals surface area contributed by atoms with Crippen LogP contribution in [0.4, 0.5) is 11.4 Å². The highest BCUT2D eigenvalue weighted by atomic mass is 16.5. The van der Waals surface area contributed by atoms with Crippen LogP contribution >= 0.6 is 0 Å². The maximum Gasteiger partial charge on any atom is 0.224 e. The summed E-state index contributed by atoms with van der Waals surface area (Å²) in [6.45, 7) is 2.21. The van der Waals surface area contributed by atoms with E-state index < -0.39 is 0 Å². The van der Waals surface area contributed by atoms with Crippen molar-refractivity contribution in [3.05, 3.63) is 54.1 Å². The Hall–Kier alpha value is -2.49. The number of anilines is 2. The van der Waals surface area contributed by atoms with E-state index in [1.807, 2.05) is 36.4 Å². The molecule has 4 heteroatoms. The van der Waals surface area contributed by atoms with E-state index in [4.69, 9.17) is 4.74 Å². The number of nitrogens with zero attached hydrogens (tertiary/aromatic N) is 1. The molecule has 0 spiro atoms. The molecule has 0 aromatic heterocycles. The first kappa shape index (κ1) is 16.4. The second kappa shape index (κ2) is 7.86. The Morgan fingerprint density at radius 3 is 2.58 bits per heavy atom. The summed E-state index contributed by atoms with van der Waals surface area (Å²) < 4.78 is 5.14. The topological polar surface area (TPSA) is 41.6 Å². The maximum atomic E-state index is 12.2. The van der Waals surface area contributed by atoms with Crippen molar-refractivity contribution in [3.63, 3.8) is 0 Å². The van der Waals surface area contributed by atoms with Gasteiger partial charge in [0, 0.05) is 30.9 Å². The van der Waals surface area contributed by atoms with Gasteiger partial charge in [0.2, 0.25) is 5.91 Å². The van der Waals surface area contributed by atoms with Crippen LogP contribution in [0.5, 0.6) is 5.75 Å².